The molecule has 0 saturated carbocycles. The molecule has 1 atom stereocenters. The maximum Gasteiger partial charge on any atom is 0.234 e. The van der Waals surface area contributed by atoms with Gasteiger partial charge in [0.25, 0.3) is 0 Å². The maximum absolute atomic E-state index is 10.7. The molecular weight excluding hydrogens is 318 g/mol. The molecule has 1 aromatic carbocycles. The first kappa shape index (κ1) is 15.7. The van der Waals surface area contributed by atoms with Crippen molar-refractivity contribution in [3.05, 3.63) is 32.3 Å². The van der Waals surface area contributed by atoms with Crippen LogP contribution in [-0.2, 0) is 4.74 Å². The van der Waals surface area contributed by atoms with Gasteiger partial charge in [0.2, 0.25) is 6.54 Å². The molecule has 0 fully saturated rings. The highest BCUT2D eigenvalue weighted by Crippen LogP contribution is 2.37. The monoisotopic (exact) mass is 333 g/mol. The summed E-state index contributed by atoms with van der Waals surface area (Å²) in [5, 5.41) is 10.7. The topological polar surface area (TPSA) is 70.8 Å². The van der Waals surface area contributed by atoms with E-state index >= 15 is 0 Å². The van der Waals surface area contributed by atoms with Crippen molar-refractivity contribution >= 4 is 15.9 Å². The van der Waals surface area contributed by atoms with Crippen molar-refractivity contribution in [2.45, 2.75) is 13.0 Å². The molecule has 0 spiro atoms. The third-order valence-electron chi connectivity index (χ3n) is 2.53. The van der Waals surface area contributed by atoms with Gasteiger partial charge in [0.05, 0.1) is 18.7 Å². The average Bonchev–Trinajstić information content (AvgIpc) is 2.37. The normalized spacial score (nSPS) is 12.0. The molecule has 0 amide bonds. The van der Waals surface area contributed by atoms with Crippen LogP contribution in [0.3, 0.4) is 0 Å². The highest BCUT2D eigenvalue weighted by Gasteiger charge is 2.23. The smallest absolute Gasteiger partial charge is 0.234 e. The van der Waals surface area contributed by atoms with Crippen molar-refractivity contribution in [2.24, 2.45) is 0 Å². The number of hydrogen-bond donors (Lipinski definition) is 0. The molecule has 0 radical (unpaired) electrons. The fourth-order valence-electron chi connectivity index (χ4n) is 1.71. The largest absolute Gasteiger partial charge is 0.496 e. The quantitative estimate of drug-likeness (QED) is 0.566. The second kappa shape index (κ2) is 7.30. The Bertz CT molecular complexity index is 452. The Morgan fingerprint density at radius 1 is 1.32 bits per heavy atom. The van der Waals surface area contributed by atoms with Gasteiger partial charge >= 0.3 is 0 Å². The molecule has 19 heavy (non-hydrogen) atoms. The molecule has 6 nitrogen and oxygen atoms in total. The van der Waals surface area contributed by atoms with Crippen LogP contribution in [0.4, 0.5) is 0 Å². The van der Waals surface area contributed by atoms with E-state index in [2.05, 4.69) is 15.9 Å². The maximum atomic E-state index is 10.7. The van der Waals surface area contributed by atoms with Gasteiger partial charge < -0.3 is 14.2 Å². The van der Waals surface area contributed by atoms with Gasteiger partial charge in [0.1, 0.15) is 11.5 Å². The van der Waals surface area contributed by atoms with Crippen molar-refractivity contribution in [1.82, 2.24) is 0 Å². The van der Waals surface area contributed by atoms with Crippen LogP contribution in [0.15, 0.2) is 16.6 Å². The van der Waals surface area contributed by atoms with Gasteiger partial charge in [-0.2, -0.15) is 0 Å². The number of nitrogens with zero attached hydrogens (tertiary/aromatic N) is 1. The molecule has 0 aliphatic heterocycles. The fraction of sp³-hybridized carbons (Fsp3) is 0.500. The molecule has 0 heterocycles. The van der Waals surface area contributed by atoms with Crippen LogP contribution in [0.1, 0.15) is 18.6 Å². The summed E-state index contributed by atoms with van der Waals surface area (Å²) in [4.78, 5) is 10.3. The van der Waals surface area contributed by atoms with E-state index in [4.69, 9.17) is 14.2 Å². The van der Waals surface area contributed by atoms with Gasteiger partial charge in [0.15, 0.2) is 6.10 Å². The Morgan fingerprint density at radius 3 is 2.42 bits per heavy atom. The molecule has 0 saturated heterocycles. The van der Waals surface area contributed by atoms with Crippen LogP contribution in [0.5, 0.6) is 11.5 Å². The highest BCUT2D eigenvalue weighted by atomic mass is 79.9. The zero-order valence-electron chi connectivity index (χ0n) is 11.0. The van der Waals surface area contributed by atoms with Crippen LogP contribution in [0, 0.1) is 10.1 Å². The molecule has 1 rings (SSSR count). The van der Waals surface area contributed by atoms with Gasteiger partial charge in [-0.1, -0.05) is 0 Å². The van der Waals surface area contributed by atoms with E-state index in [0.29, 0.717) is 28.1 Å². The molecular formula is C12H16BrNO5. The minimum atomic E-state index is -0.669. The number of rotatable bonds is 7. The van der Waals surface area contributed by atoms with E-state index in [1.165, 1.54) is 14.2 Å². The van der Waals surface area contributed by atoms with Crippen molar-refractivity contribution in [2.75, 3.05) is 27.4 Å². The van der Waals surface area contributed by atoms with Crippen molar-refractivity contribution < 1.29 is 19.1 Å². The lowest BCUT2D eigenvalue weighted by molar-refractivity contribution is -0.492. The van der Waals surface area contributed by atoms with Gasteiger partial charge in [-0.15, -0.1) is 0 Å². The summed E-state index contributed by atoms with van der Waals surface area (Å²) in [6.45, 7) is 1.84. The van der Waals surface area contributed by atoms with E-state index < -0.39 is 11.0 Å². The fourth-order valence-corrected chi connectivity index (χ4v) is 2.20. The number of ether oxygens (including phenoxy) is 3. The average molecular weight is 334 g/mol. The minimum Gasteiger partial charge on any atom is -0.496 e. The first-order valence-electron chi connectivity index (χ1n) is 5.68. The lowest BCUT2D eigenvalue weighted by Crippen LogP contribution is -2.16. The van der Waals surface area contributed by atoms with Crippen molar-refractivity contribution in [3.8, 4) is 11.5 Å². The molecule has 7 heteroatoms. The number of methoxy groups -OCH3 is 2. The van der Waals surface area contributed by atoms with E-state index in [1.807, 2.05) is 0 Å². The van der Waals surface area contributed by atoms with E-state index in [9.17, 15) is 10.1 Å². The zero-order valence-corrected chi connectivity index (χ0v) is 12.6. The SMILES string of the molecule is CCOC(C[N+](=O)[O-])c1cc(OC)c(Br)cc1OC. The first-order valence-corrected chi connectivity index (χ1v) is 6.47. The van der Waals surface area contributed by atoms with Crippen LogP contribution in [0.25, 0.3) is 0 Å². The Labute approximate surface area is 119 Å². The summed E-state index contributed by atoms with van der Waals surface area (Å²) < 4.78 is 16.6. The summed E-state index contributed by atoms with van der Waals surface area (Å²) in [7, 11) is 3.03. The summed E-state index contributed by atoms with van der Waals surface area (Å²) >= 11 is 3.34. The molecule has 0 N–H and O–H groups in total. The van der Waals surface area contributed by atoms with Crippen LogP contribution >= 0.6 is 15.9 Å². The molecule has 0 aliphatic carbocycles. The summed E-state index contributed by atoms with van der Waals surface area (Å²) in [6, 6.07) is 3.40. The standard InChI is InChI=1S/C12H16BrNO5/c1-4-19-12(7-14(15)16)8-5-11(18-3)9(13)6-10(8)17-2/h5-6,12H,4,7H2,1-3H3. The van der Waals surface area contributed by atoms with Gasteiger partial charge in [-0.25, -0.2) is 0 Å². The molecule has 0 aromatic heterocycles. The number of nitro groups is 1. The Hall–Kier alpha value is -1.34. The zero-order chi connectivity index (χ0) is 14.4. The summed E-state index contributed by atoms with van der Waals surface area (Å²) in [5.41, 5.74) is 0.598. The third-order valence-corrected chi connectivity index (χ3v) is 3.15. The lowest BCUT2D eigenvalue weighted by atomic mass is 10.1. The van der Waals surface area contributed by atoms with Gasteiger partial charge in [0, 0.05) is 17.1 Å². The number of benzene rings is 1. The Morgan fingerprint density at radius 2 is 1.95 bits per heavy atom. The molecule has 0 bridgehead atoms. The molecule has 0 aliphatic rings. The third kappa shape index (κ3) is 4.07. The number of hydrogen-bond acceptors (Lipinski definition) is 5. The van der Waals surface area contributed by atoms with E-state index in [-0.39, 0.29) is 6.54 Å². The number of halogens is 1. The summed E-state index contributed by atoms with van der Waals surface area (Å²) in [5.74, 6) is 1.09. The lowest BCUT2D eigenvalue weighted by Gasteiger charge is -2.18. The van der Waals surface area contributed by atoms with Crippen LogP contribution in [-0.4, -0.2) is 32.3 Å². The molecule has 1 unspecified atom stereocenters. The second-order valence-electron chi connectivity index (χ2n) is 3.69. The Kier molecular flexibility index (Phi) is 6.04. The second-order valence-corrected chi connectivity index (χ2v) is 4.54. The summed E-state index contributed by atoms with van der Waals surface area (Å²) in [6.07, 6.45) is -0.669. The van der Waals surface area contributed by atoms with Crippen LogP contribution in [0.2, 0.25) is 0 Å². The van der Waals surface area contributed by atoms with Crippen molar-refractivity contribution in [3.63, 3.8) is 0 Å². The molecule has 106 valence electrons. The van der Waals surface area contributed by atoms with Gasteiger partial charge in [-0.3, -0.25) is 10.1 Å². The van der Waals surface area contributed by atoms with Crippen molar-refractivity contribution in [1.29, 1.82) is 0 Å². The van der Waals surface area contributed by atoms with E-state index in [0.717, 1.165) is 0 Å². The van der Waals surface area contributed by atoms with Gasteiger partial charge in [-0.05, 0) is 35.0 Å². The first-order chi connectivity index (χ1) is 9.03. The van der Waals surface area contributed by atoms with Crippen LogP contribution < -0.4 is 9.47 Å². The minimum absolute atomic E-state index is 0.324. The predicted molar refractivity (Wildman–Crippen MR) is 73.5 cm³/mol. The highest BCUT2D eigenvalue weighted by molar-refractivity contribution is 9.10. The molecule has 1 aromatic rings. The van der Waals surface area contributed by atoms with E-state index in [1.54, 1.807) is 19.1 Å². The Balaban J connectivity index is 3.22. The predicted octanol–water partition coefficient (Wildman–Crippen LogP) is 2.82.